The summed E-state index contributed by atoms with van der Waals surface area (Å²) in [5, 5.41) is 18.4. The first-order valence-electron chi connectivity index (χ1n) is 8.97. The fourth-order valence-electron chi connectivity index (χ4n) is 2.77. The van der Waals surface area contributed by atoms with E-state index in [9.17, 15) is 9.59 Å². The molecule has 3 rings (SSSR count). The Hall–Kier alpha value is -3.67. The number of carboxylic acid groups (broad SMARTS) is 1. The van der Waals surface area contributed by atoms with Crippen molar-refractivity contribution in [2.45, 2.75) is 12.8 Å². The number of carbonyl (C=O) groups is 2. The Bertz CT molecular complexity index is 1000. The minimum absolute atomic E-state index is 0.0566. The van der Waals surface area contributed by atoms with E-state index in [1.54, 1.807) is 0 Å². The maximum absolute atomic E-state index is 12.2. The average molecular weight is 375 g/mol. The molecule has 0 radical (unpaired) electrons. The van der Waals surface area contributed by atoms with Gasteiger partial charge in [-0.2, -0.15) is 5.10 Å². The molecule has 0 saturated heterocycles. The van der Waals surface area contributed by atoms with Crippen LogP contribution in [-0.4, -0.2) is 29.2 Å². The summed E-state index contributed by atoms with van der Waals surface area (Å²) in [5.41, 5.74) is 4.66. The number of hydrogen-bond acceptors (Lipinski definition) is 4. The van der Waals surface area contributed by atoms with E-state index in [0.717, 1.165) is 22.0 Å². The number of aliphatic carboxylic acids is 1. The first-order chi connectivity index (χ1) is 13.6. The molecule has 6 heteroatoms. The predicted octanol–water partition coefficient (Wildman–Crippen LogP) is 3.64. The maximum atomic E-state index is 12.2. The van der Waals surface area contributed by atoms with Crippen molar-refractivity contribution in [3.8, 4) is 0 Å². The molecule has 6 nitrogen and oxygen atoms in total. The molecule has 0 aliphatic rings. The number of nitrogens with zero attached hydrogens (tertiary/aromatic N) is 1. The number of rotatable bonds is 8. The molecule has 0 aromatic heterocycles. The van der Waals surface area contributed by atoms with E-state index in [1.165, 1.54) is 0 Å². The molecular weight excluding hydrogens is 354 g/mol. The number of carbonyl (C=O) groups excluding carboxylic acids is 1. The van der Waals surface area contributed by atoms with Crippen LogP contribution in [-0.2, 0) is 9.59 Å². The monoisotopic (exact) mass is 375 g/mol. The minimum Gasteiger partial charge on any atom is -0.481 e. The van der Waals surface area contributed by atoms with Gasteiger partial charge in [0.2, 0.25) is 0 Å². The summed E-state index contributed by atoms with van der Waals surface area (Å²) >= 11 is 0. The molecule has 0 bridgehead atoms. The largest absolute Gasteiger partial charge is 0.481 e. The third-order valence-electron chi connectivity index (χ3n) is 4.20. The normalized spacial score (nSPS) is 11.2. The average Bonchev–Trinajstić information content (AvgIpc) is 2.72. The molecule has 3 N–H and O–H groups in total. The Morgan fingerprint density at radius 2 is 1.57 bits per heavy atom. The third kappa shape index (κ3) is 5.41. The van der Waals surface area contributed by atoms with Crippen LogP contribution in [0.2, 0.25) is 0 Å². The van der Waals surface area contributed by atoms with Crippen molar-refractivity contribution in [3.05, 3.63) is 78.4 Å². The zero-order valence-electron chi connectivity index (χ0n) is 15.3. The highest BCUT2D eigenvalue weighted by Crippen LogP contribution is 2.18. The van der Waals surface area contributed by atoms with Gasteiger partial charge in [0, 0.05) is 12.1 Å². The first kappa shape index (κ1) is 19.1. The molecule has 0 heterocycles. The van der Waals surface area contributed by atoms with Crippen LogP contribution < -0.4 is 10.7 Å². The zero-order valence-corrected chi connectivity index (χ0v) is 15.3. The van der Waals surface area contributed by atoms with E-state index in [1.807, 2.05) is 72.8 Å². The summed E-state index contributed by atoms with van der Waals surface area (Å²) in [7, 11) is 0. The standard InChI is InChI=1S/C22H21N3O3/c26-21(15-23-19-11-10-16-6-4-5-9-18(16)14-19)25-24-20(12-13-22(27)28)17-7-2-1-3-8-17/h1-11,14,23H,12-13,15H2,(H,25,26)(H,27,28). The van der Waals surface area contributed by atoms with Crippen LogP contribution in [0.15, 0.2) is 77.9 Å². The molecule has 0 atom stereocenters. The van der Waals surface area contributed by atoms with Gasteiger partial charge in [-0.1, -0.05) is 60.7 Å². The van der Waals surface area contributed by atoms with Crippen LogP contribution in [0, 0.1) is 0 Å². The van der Waals surface area contributed by atoms with Crippen molar-refractivity contribution < 1.29 is 14.7 Å². The minimum atomic E-state index is -0.909. The van der Waals surface area contributed by atoms with E-state index in [2.05, 4.69) is 15.8 Å². The number of amides is 1. The molecule has 0 aliphatic carbocycles. The van der Waals surface area contributed by atoms with Crippen LogP contribution in [0.3, 0.4) is 0 Å². The molecule has 0 spiro atoms. The van der Waals surface area contributed by atoms with Gasteiger partial charge in [0.25, 0.3) is 5.91 Å². The summed E-state index contributed by atoms with van der Waals surface area (Å²) in [6, 6.07) is 23.1. The van der Waals surface area contributed by atoms with Crippen molar-refractivity contribution >= 4 is 34.0 Å². The lowest BCUT2D eigenvalue weighted by atomic mass is 10.1. The van der Waals surface area contributed by atoms with E-state index in [-0.39, 0.29) is 25.3 Å². The number of hydrazone groups is 1. The summed E-state index contributed by atoms with van der Waals surface area (Å²) < 4.78 is 0. The first-order valence-corrected chi connectivity index (χ1v) is 8.97. The van der Waals surface area contributed by atoms with Crippen LogP contribution in [0.4, 0.5) is 5.69 Å². The Balaban J connectivity index is 1.61. The SMILES string of the molecule is O=C(O)CCC(=NNC(=O)CNc1ccc2ccccc2c1)c1ccccc1. The molecule has 28 heavy (non-hydrogen) atoms. The summed E-state index contributed by atoms with van der Waals surface area (Å²) in [5.74, 6) is -1.22. The quantitative estimate of drug-likeness (QED) is 0.414. The number of nitrogens with one attached hydrogen (secondary N) is 2. The van der Waals surface area contributed by atoms with Crippen LogP contribution in [0.1, 0.15) is 18.4 Å². The third-order valence-corrected chi connectivity index (χ3v) is 4.20. The number of benzene rings is 3. The molecule has 0 unspecified atom stereocenters. The second kappa shape index (κ2) is 9.32. The highest BCUT2D eigenvalue weighted by Gasteiger charge is 2.08. The highest BCUT2D eigenvalue weighted by atomic mass is 16.4. The van der Waals surface area contributed by atoms with Crippen LogP contribution in [0.25, 0.3) is 10.8 Å². The molecule has 0 fully saturated rings. The van der Waals surface area contributed by atoms with Gasteiger partial charge in [-0.25, -0.2) is 5.43 Å². The molecule has 0 saturated carbocycles. The van der Waals surface area contributed by atoms with Crippen molar-refractivity contribution in [1.82, 2.24) is 5.43 Å². The maximum Gasteiger partial charge on any atom is 0.303 e. The smallest absolute Gasteiger partial charge is 0.303 e. The van der Waals surface area contributed by atoms with Gasteiger partial charge in [-0.3, -0.25) is 9.59 Å². The van der Waals surface area contributed by atoms with Crippen molar-refractivity contribution in [2.24, 2.45) is 5.10 Å². The Kier molecular flexibility index (Phi) is 6.36. The fraction of sp³-hybridized carbons (Fsp3) is 0.136. The summed E-state index contributed by atoms with van der Waals surface area (Å²) in [4.78, 5) is 23.0. The van der Waals surface area contributed by atoms with Gasteiger partial charge in [0.1, 0.15) is 0 Å². The van der Waals surface area contributed by atoms with Crippen molar-refractivity contribution in [2.75, 3.05) is 11.9 Å². The second-order valence-electron chi connectivity index (χ2n) is 6.27. The van der Waals surface area contributed by atoms with Gasteiger partial charge in [-0.15, -0.1) is 0 Å². The predicted molar refractivity (Wildman–Crippen MR) is 110 cm³/mol. The Labute approximate surface area is 162 Å². The number of fused-ring (bicyclic) bond motifs is 1. The van der Waals surface area contributed by atoms with Crippen LogP contribution >= 0.6 is 0 Å². The zero-order chi connectivity index (χ0) is 19.8. The molecule has 0 aliphatic heterocycles. The lowest BCUT2D eigenvalue weighted by Crippen LogP contribution is -2.27. The number of carboxylic acids is 1. The van der Waals surface area contributed by atoms with Gasteiger partial charge in [-0.05, 0) is 28.5 Å². The number of anilines is 1. The molecule has 142 valence electrons. The molecule has 3 aromatic rings. The second-order valence-corrected chi connectivity index (χ2v) is 6.27. The van der Waals surface area contributed by atoms with Gasteiger partial charge < -0.3 is 10.4 Å². The van der Waals surface area contributed by atoms with E-state index in [0.29, 0.717) is 5.71 Å². The van der Waals surface area contributed by atoms with E-state index < -0.39 is 5.97 Å². The lowest BCUT2D eigenvalue weighted by Gasteiger charge is -2.09. The summed E-state index contributed by atoms with van der Waals surface area (Å²) in [6.07, 6.45) is 0.177. The van der Waals surface area contributed by atoms with Crippen molar-refractivity contribution in [3.63, 3.8) is 0 Å². The van der Waals surface area contributed by atoms with Crippen LogP contribution in [0.5, 0.6) is 0 Å². The van der Waals surface area contributed by atoms with E-state index >= 15 is 0 Å². The Morgan fingerprint density at radius 1 is 0.857 bits per heavy atom. The number of hydrogen-bond donors (Lipinski definition) is 3. The van der Waals surface area contributed by atoms with E-state index in [4.69, 9.17) is 5.11 Å². The highest BCUT2D eigenvalue weighted by molar-refractivity contribution is 6.02. The van der Waals surface area contributed by atoms with Gasteiger partial charge >= 0.3 is 5.97 Å². The summed E-state index contributed by atoms with van der Waals surface area (Å²) in [6.45, 7) is 0.0584. The molecule has 3 aromatic carbocycles. The lowest BCUT2D eigenvalue weighted by molar-refractivity contribution is -0.136. The van der Waals surface area contributed by atoms with Gasteiger partial charge in [0.15, 0.2) is 0 Å². The molecular formula is C22H21N3O3. The fourth-order valence-corrected chi connectivity index (χ4v) is 2.77. The van der Waals surface area contributed by atoms with Crippen molar-refractivity contribution in [1.29, 1.82) is 0 Å². The van der Waals surface area contributed by atoms with Gasteiger partial charge in [0.05, 0.1) is 18.7 Å². The topological polar surface area (TPSA) is 90.8 Å². The molecule has 1 amide bonds. The Morgan fingerprint density at radius 3 is 2.32 bits per heavy atom.